The molecule has 0 saturated heterocycles. The second-order valence-electron chi connectivity index (χ2n) is 4.90. The lowest BCUT2D eigenvalue weighted by Crippen LogP contribution is -2.37. The lowest BCUT2D eigenvalue weighted by molar-refractivity contribution is -0.120. The maximum absolute atomic E-state index is 11.9. The van der Waals surface area contributed by atoms with Crippen LogP contribution in [0.5, 0.6) is 0 Å². The van der Waals surface area contributed by atoms with Crippen molar-refractivity contribution in [3.63, 3.8) is 0 Å². The van der Waals surface area contributed by atoms with Gasteiger partial charge in [0.15, 0.2) is 0 Å². The molecule has 1 aromatic heterocycles. The monoisotopic (exact) mass is 336 g/mol. The Morgan fingerprint density at radius 1 is 1.23 bits per heavy atom. The molecule has 0 aliphatic carbocycles. The summed E-state index contributed by atoms with van der Waals surface area (Å²) in [6, 6.07) is 10.7. The fourth-order valence-electron chi connectivity index (χ4n) is 2.00. The van der Waals surface area contributed by atoms with Gasteiger partial charge in [0, 0.05) is 9.90 Å². The number of carbonyl (C=O) groups is 2. The van der Waals surface area contributed by atoms with E-state index in [4.69, 9.17) is 11.6 Å². The minimum Gasteiger partial charge on any atom is -0.348 e. The Morgan fingerprint density at radius 3 is 2.59 bits per heavy atom. The zero-order valence-corrected chi connectivity index (χ0v) is 13.9. The highest BCUT2D eigenvalue weighted by Crippen LogP contribution is 2.21. The molecule has 0 fully saturated rings. The van der Waals surface area contributed by atoms with Crippen molar-refractivity contribution in [2.45, 2.75) is 19.9 Å². The number of halogens is 1. The molecule has 0 spiro atoms. The third-order valence-corrected chi connectivity index (χ3v) is 4.47. The minimum atomic E-state index is -0.256. The highest BCUT2D eigenvalue weighted by atomic mass is 35.5. The Kier molecular flexibility index (Phi) is 5.57. The van der Waals surface area contributed by atoms with E-state index in [9.17, 15) is 9.59 Å². The van der Waals surface area contributed by atoms with Gasteiger partial charge in [0.1, 0.15) is 0 Å². The molecular weight excluding hydrogens is 320 g/mol. The first-order valence-electron chi connectivity index (χ1n) is 6.86. The summed E-state index contributed by atoms with van der Waals surface area (Å²) in [4.78, 5) is 25.4. The van der Waals surface area contributed by atoms with Gasteiger partial charge in [-0.15, -0.1) is 11.3 Å². The maximum Gasteiger partial charge on any atom is 0.261 e. The molecule has 0 saturated carbocycles. The molecule has 22 heavy (non-hydrogen) atoms. The first-order chi connectivity index (χ1) is 10.5. The Hall–Kier alpha value is -1.85. The first-order valence-corrected chi connectivity index (χ1v) is 8.05. The molecular formula is C16H17ClN2O2S. The number of hydrogen-bond donors (Lipinski definition) is 2. The van der Waals surface area contributed by atoms with Gasteiger partial charge in [-0.1, -0.05) is 29.8 Å². The molecule has 116 valence electrons. The van der Waals surface area contributed by atoms with Gasteiger partial charge >= 0.3 is 0 Å². The van der Waals surface area contributed by atoms with Crippen LogP contribution in [0.1, 0.15) is 33.1 Å². The highest BCUT2D eigenvalue weighted by Gasteiger charge is 2.14. The number of rotatable bonds is 5. The van der Waals surface area contributed by atoms with Crippen LogP contribution in [-0.2, 0) is 4.79 Å². The zero-order valence-electron chi connectivity index (χ0n) is 12.4. The van der Waals surface area contributed by atoms with Crippen LogP contribution in [0.25, 0.3) is 0 Å². The van der Waals surface area contributed by atoms with Crippen LogP contribution in [0.2, 0.25) is 5.02 Å². The first kappa shape index (κ1) is 16.5. The number of aryl methyl sites for hydroxylation is 1. The van der Waals surface area contributed by atoms with Crippen molar-refractivity contribution in [1.29, 1.82) is 0 Å². The van der Waals surface area contributed by atoms with Crippen molar-refractivity contribution in [3.05, 3.63) is 56.7 Å². The van der Waals surface area contributed by atoms with Gasteiger partial charge in [0.2, 0.25) is 5.91 Å². The van der Waals surface area contributed by atoms with Gasteiger partial charge in [0.05, 0.1) is 17.5 Å². The van der Waals surface area contributed by atoms with Crippen molar-refractivity contribution < 1.29 is 9.59 Å². The fraction of sp³-hybridized carbons (Fsp3) is 0.250. The summed E-state index contributed by atoms with van der Waals surface area (Å²) in [7, 11) is 0. The standard InChI is InChI=1S/C16H17ClN2O2S/c1-10-7-8-14(22-10)16(21)18-9-15(20)19-11(2)12-5-3-4-6-13(12)17/h3-8,11H,9H2,1-2H3,(H,18,21)(H,19,20)/t11-/m0/s1. The molecule has 2 rings (SSSR count). The van der Waals surface area contributed by atoms with E-state index in [1.807, 2.05) is 38.1 Å². The van der Waals surface area contributed by atoms with Crippen molar-refractivity contribution in [3.8, 4) is 0 Å². The molecule has 2 aromatic rings. The number of benzene rings is 1. The smallest absolute Gasteiger partial charge is 0.261 e. The molecule has 1 heterocycles. The van der Waals surface area contributed by atoms with Crippen molar-refractivity contribution in [1.82, 2.24) is 10.6 Å². The molecule has 0 bridgehead atoms. The van der Waals surface area contributed by atoms with Crippen LogP contribution in [0.3, 0.4) is 0 Å². The van der Waals surface area contributed by atoms with E-state index in [1.54, 1.807) is 12.1 Å². The molecule has 1 atom stereocenters. The van der Waals surface area contributed by atoms with E-state index >= 15 is 0 Å². The van der Waals surface area contributed by atoms with E-state index < -0.39 is 0 Å². The summed E-state index contributed by atoms with van der Waals surface area (Å²) in [5, 5.41) is 6.03. The molecule has 0 radical (unpaired) electrons. The Balaban J connectivity index is 1.85. The van der Waals surface area contributed by atoms with Crippen LogP contribution in [0.15, 0.2) is 36.4 Å². The average molecular weight is 337 g/mol. The predicted octanol–water partition coefficient (Wildman–Crippen LogP) is 3.32. The third kappa shape index (κ3) is 4.32. The zero-order chi connectivity index (χ0) is 16.1. The number of nitrogens with one attached hydrogen (secondary N) is 2. The van der Waals surface area contributed by atoms with Gasteiger partial charge < -0.3 is 10.6 Å². The molecule has 0 aliphatic rings. The highest BCUT2D eigenvalue weighted by molar-refractivity contribution is 7.13. The normalized spacial score (nSPS) is 11.8. The lowest BCUT2D eigenvalue weighted by Gasteiger charge is -2.15. The molecule has 6 heteroatoms. The molecule has 4 nitrogen and oxygen atoms in total. The summed E-state index contributed by atoms with van der Waals surface area (Å²) in [6.45, 7) is 3.72. The van der Waals surface area contributed by atoms with E-state index in [0.717, 1.165) is 10.4 Å². The van der Waals surface area contributed by atoms with Gasteiger partial charge in [-0.3, -0.25) is 9.59 Å². The van der Waals surface area contributed by atoms with Crippen LogP contribution in [0, 0.1) is 6.92 Å². The van der Waals surface area contributed by atoms with E-state index in [-0.39, 0.29) is 24.4 Å². The number of amides is 2. The van der Waals surface area contributed by atoms with Crippen molar-refractivity contribution in [2.75, 3.05) is 6.54 Å². The molecule has 1 aromatic carbocycles. The molecule has 2 amide bonds. The van der Waals surface area contributed by atoms with Gasteiger partial charge in [-0.25, -0.2) is 0 Å². The van der Waals surface area contributed by atoms with Gasteiger partial charge in [-0.2, -0.15) is 0 Å². The lowest BCUT2D eigenvalue weighted by atomic mass is 10.1. The van der Waals surface area contributed by atoms with Crippen LogP contribution in [0.4, 0.5) is 0 Å². The number of carbonyl (C=O) groups excluding carboxylic acids is 2. The molecule has 0 aliphatic heterocycles. The van der Waals surface area contributed by atoms with Crippen LogP contribution >= 0.6 is 22.9 Å². The summed E-state index contributed by atoms with van der Waals surface area (Å²) in [5.41, 5.74) is 0.845. The summed E-state index contributed by atoms with van der Waals surface area (Å²) >= 11 is 7.49. The van der Waals surface area contributed by atoms with E-state index in [2.05, 4.69) is 10.6 Å². The summed E-state index contributed by atoms with van der Waals surface area (Å²) < 4.78 is 0. The Labute approximate surface area is 138 Å². The Bertz CT molecular complexity index is 684. The number of thiophene rings is 1. The Morgan fingerprint density at radius 2 is 1.95 bits per heavy atom. The fourth-order valence-corrected chi connectivity index (χ4v) is 3.08. The molecule has 0 unspecified atom stereocenters. The number of hydrogen-bond acceptors (Lipinski definition) is 3. The maximum atomic E-state index is 11.9. The van der Waals surface area contributed by atoms with Crippen LogP contribution < -0.4 is 10.6 Å². The van der Waals surface area contributed by atoms with E-state index in [1.165, 1.54) is 11.3 Å². The topological polar surface area (TPSA) is 58.2 Å². The van der Waals surface area contributed by atoms with Gasteiger partial charge in [0.25, 0.3) is 5.91 Å². The van der Waals surface area contributed by atoms with Crippen LogP contribution in [-0.4, -0.2) is 18.4 Å². The minimum absolute atomic E-state index is 0.0649. The second kappa shape index (κ2) is 7.42. The third-order valence-electron chi connectivity index (χ3n) is 3.12. The average Bonchev–Trinajstić information content (AvgIpc) is 2.91. The SMILES string of the molecule is Cc1ccc(C(=O)NCC(=O)N[C@@H](C)c2ccccc2Cl)s1. The van der Waals surface area contributed by atoms with Crippen molar-refractivity contribution in [2.24, 2.45) is 0 Å². The van der Waals surface area contributed by atoms with E-state index in [0.29, 0.717) is 9.90 Å². The largest absolute Gasteiger partial charge is 0.348 e. The summed E-state index contributed by atoms with van der Waals surface area (Å²) in [5.74, 6) is -0.493. The van der Waals surface area contributed by atoms with Gasteiger partial charge in [-0.05, 0) is 37.6 Å². The molecule has 2 N–H and O–H groups in total. The second-order valence-corrected chi connectivity index (χ2v) is 6.60. The predicted molar refractivity (Wildman–Crippen MR) is 89.4 cm³/mol. The quantitative estimate of drug-likeness (QED) is 0.880. The van der Waals surface area contributed by atoms with Crippen molar-refractivity contribution >= 4 is 34.8 Å². The summed E-state index contributed by atoms with van der Waals surface area (Å²) in [6.07, 6.45) is 0.